The van der Waals surface area contributed by atoms with Gasteiger partial charge in [-0.2, -0.15) is 0 Å². The lowest BCUT2D eigenvalue weighted by Gasteiger charge is -2.20. The number of sulfonamides is 1. The van der Waals surface area contributed by atoms with Gasteiger partial charge in [0.1, 0.15) is 5.75 Å². The van der Waals surface area contributed by atoms with Gasteiger partial charge in [-0.05, 0) is 61.4 Å². The van der Waals surface area contributed by atoms with Crippen molar-refractivity contribution in [2.24, 2.45) is 5.41 Å². The van der Waals surface area contributed by atoms with Crippen molar-refractivity contribution in [2.75, 3.05) is 17.9 Å². The van der Waals surface area contributed by atoms with Crippen LogP contribution in [0.4, 0.5) is 5.69 Å². The van der Waals surface area contributed by atoms with Gasteiger partial charge in [0.05, 0.1) is 17.0 Å². The number of nitrogens with one attached hydrogen (secondary N) is 1. The van der Waals surface area contributed by atoms with Crippen molar-refractivity contribution in [1.82, 2.24) is 5.32 Å². The maximum absolute atomic E-state index is 12.9. The first-order valence-corrected chi connectivity index (χ1v) is 11.4. The van der Waals surface area contributed by atoms with Crippen molar-refractivity contribution < 1.29 is 22.7 Å². The molecule has 0 atom stereocenters. The number of nitrogens with zero attached hydrogens (tertiary/aromatic N) is 1. The number of rotatable bonds is 7. The molecule has 0 aliphatic rings. The number of carbonyl (C=O) groups is 2. The largest absolute Gasteiger partial charge is 0.426 e. The van der Waals surface area contributed by atoms with E-state index in [-0.39, 0.29) is 23.8 Å². The zero-order chi connectivity index (χ0) is 23.4. The molecule has 2 aromatic rings. The highest BCUT2D eigenvalue weighted by Crippen LogP contribution is 2.25. The highest BCUT2D eigenvalue weighted by atomic mass is 32.2. The molecule has 0 aliphatic carbocycles. The van der Waals surface area contributed by atoms with Crippen molar-refractivity contribution in [1.29, 1.82) is 0 Å². The van der Waals surface area contributed by atoms with Crippen LogP contribution in [0.15, 0.2) is 47.4 Å². The molecule has 7 nitrogen and oxygen atoms in total. The summed E-state index contributed by atoms with van der Waals surface area (Å²) in [5.41, 5.74) is 1.83. The molecule has 2 aromatic carbocycles. The zero-order valence-electron chi connectivity index (χ0n) is 18.9. The number of amides is 1. The number of anilines is 1. The Morgan fingerprint density at radius 2 is 1.61 bits per heavy atom. The molecule has 0 saturated carbocycles. The van der Waals surface area contributed by atoms with Crippen molar-refractivity contribution in [3.63, 3.8) is 0 Å². The van der Waals surface area contributed by atoms with Gasteiger partial charge in [0.15, 0.2) is 0 Å². The second kappa shape index (κ2) is 9.51. The van der Waals surface area contributed by atoms with Gasteiger partial charge in [-0.1, -0.05) is 26.8 Å². The van der Waals surface area contributed by atoms with Crippen LogP contribution in [0.5, 0.6) is 5.75 Å². The molecule has 0 saturated heterocycles. The summed E-state index contributed by atoms with van der Waals surface area (Å²) in [6.07, 6.45) is 0.0324. The van der Waals surface area contributed by atoms with Gasteiger partial charge in [0, 0.05) is 19.0 Å². The summed E-state index contributed by atoms with van der Waals surface area (Å²) in [6.45, 7) is 9.35. The van der Waals surface area contributed by atoms with E-state index < -0.39 is 21.4 Å². The average molecular weight is 447 g/mol. The molecular formula is C23H30N2O5S. The summed E-state index contributed by atoms with van der Waals surface area (Å²) in [7, 11) is -2.24. The fourth-order valence-corrected chi connectivity index (χ4v) is 3.90. The molecule has 1 N–H and O–H groups in total. The minimum absolute atomic E-state index is 0.0324. The maximum atomic E-state index is 12.9. The molecule has 0 bridgehead atoms. The third-order valence-corrected chi connectivity index (χ3v) is 6.65. The Hall–Kier alpha value is -2.87. The Morgan fingerprint density at radius 3 is 2.16 bits per heavy atom. The van der Waals surface area contributed by atoms with Crippen LogP contribution >= 0.6 is 0 Å². The van der Waals surface area contributed by atoms with E-state index in [2.05, 4.69) is 5.32 Å². The van der Waals surface area contributed by atoms with E-state index in [0.717, 1.165) is 11.1 Å². The molecule has 8 heteroatoms. The van der Waals surface area contributed by atoms with Gasteiger partial charge in [-0.15, -0.1) is 0 Å². The van der Waals surface area contributed by atoms with Gasteiger partial charge in [-0.25, -0.2) is 8.42 Å². The summed E-state index contributed by atoms with van der Waals surface area (Å²) in [5.74, 6) is -0.330. The second-order valence-electron chi connectivity index (χ2n) is 8.44. The minimum atomic E-state index is -3.71. The number of benzene rings is 2. The molecule has 2 rings (SSSR count). The highest BCUT2D eigenvalue weighted by Gasteiger charge is 2.22. The summed E-state index contributed by atoms with van der Waals surface area (Å²) >= 11 is 0. The predicted molar refractivity (Wildman–Crippen MR) is 121 cm³/mol. The molecule has 0 radical (unpaired) electrons. The van der Waals surface area contributed by atoms with Crippen molar-refractivity contribution in [2.45, 2.75) is 45.9 Å². The normalized spacial score (nSPS) is 11.7. The molecule has 0 heterocycles. The van der Waals surface area contributed by atoms with E-state index in [0.29, 0.717) is 11.4 Å². The van der Waals surface area contributed by atoms with E-state index in [1.165, 1.54) is 23.5 Å². The van der Waals surface area contributed by atoms with Crippen LogP contribution in [0.1, 0.15) is 38.3 Å². The van der Waals surface area contributed by atoms with E-state index in [9.17, 15) is 18.0 Å². The molecule has 0 unspecified atom stereocenters. The quantitative estimate of drug-likeness (QED) is 0.518. The van der Waals surface area contributed by atoms with Gasteiger partial charge in [0.25, 0.3) is 10.0 Å². The van der Waals surface area contributed by atoms with Gasteiger partial charge in [-0.3, -0.25) is 13.9 Å². The average Bonchev–Trinajstić information content (AvgIpc) is 2.69. The van der Waals surface area contributed by atoms with Crippen LogP contribution in [0, 0.1) is 19.3 Å². The lowest BCUT2D eigenvalue weighted by atomic mass is 9.96. The van der Waals surface area contributed by atoms with Crippen molar-refractivity contribution in [3.05, 3.63) is 53.6 Å². The Bertz CT molecular complexity index is 1050. The topological polar surface area (TPSA) is 92.8 Å². The predicted octanol–water partition coefficient (Wildman–Crippen LogP) is 3.59. The minimum Gasteiger partial charge on any atom is -0.426 e. The smallest absolute Gasteiger partial charge is 0.312 e. The zero-order valence-corrected chi connectivity index (χ0v) is 19.7. The standard InChI is InChI=1S/C23H30N2O5S/c1-16-7-12-20(15-17(16)2)31(28,29)25(6)18-8-10-19(11-9-18)30-21(26)13-14-24-22(27)23(3,4)5/h7-12,15H,13-14H2,1-6H3,(H,24,27). The molecular weight excluding hydrogens is 416 g/mol. The first-order chi connectivity index (χ1) is 14.3. The lowest BCUT2D eigenvalue weighted by molar-refractivity contribution is -0.134. The number of hydrogen-bond donors (Lipinski definition) is 1. The number of esters is 1. The fraction of sp³-hybridized carbons (Fsp3) is 0.391. The van der Waals surface area contributed by atoms with Gasteiger partial charge in [0.2, 0.25) is 5.91 Å². The fourth-order valence-electron chi connectivity index (χ4n) is 2.62. The molecule has 31 heavy (non-hydrogen) atoms. The van der Waals surface area contributed by atoms with Crippen molar-refractivity contribution >= 4 is 27.6 Å². The van der Waals surface area contributed by atoms with E-state index >= 15 is 0 Å². The molecule has 0 fully saturated rings. The van der Waals surface area contributed by atoms with Crippen LogP contribution in [-0.2, 0) is 19.6 Å². The summed E-state index contributed by atoms with van der Waals surface area (Å²) in [6, 6.07) is 11.2. The summed E-state index contributed by atoms with van der Waals surface area (Å²) in [5, 5.41) is 2.69. The Labute approximate surface area is 184 Å². The van der Waals surface area contributed by atoms with Crippen LogP contribution in [0.25, 0.3) is 0 Å². The number of hydrogen-bond acceptors (Lipinski definition) is 5. The van der Waals surface area contributed by atoms with Gasteiger partial charge >= 0.3 is 5.97 Å². The monoisotopic (exact) mass is 446 g/mol. The number of ether oxygens (including phenoxy) is 1. The van der Waals surface area contributed by atoms with E-state index in [1.54, 1.807) is 51.1 Å². The molecule has 168 valence electrons. The molecule has 0 aromatic heterocycles. The lowest BCUT2D eigenvalue weighted by Crippen LogP contribution is -2.36. The molecule has 1 amide bonds. The van der Waals surface area contributed by atoms with E-state index in [4.69, 9.17) is 4.74 Å². The third kappa shape index (κ3) is 6.30. The van der Waals surface area contributed by atoms with Crippen LogP contribution < -0.4 is 14.4 Å². The first-order valence-electron chi connectivity index (χ1n) is 9.97. The van der Waals surface area contributed by atoms with Crippen LogP contribution in [0.3, 0.4) is 0 Å². The van der Waals surface area contributed by atoms with Crippen molar-refractivity contribution in [3.8, 4) is 5.75 Å². The van der Waals surface area contributed by atoms with Crippen LogP contribution in [-0.4, -0.2) is 33.9 Å². The Kier molecular flexibility index (Phi) is 7.49. The summed E-state index contributed by atoms with van der Waals surface area (Å²) in [4.78, 5) is 24.0. The van der Waals surface area contributed by atoms with Crippen LogP contribution in [0.2, 0.25) is 0 Å². The molecule has 0 spiro atoms. The SMILES string of the molecule is Cc1ccc(S(=O)(=O)N(C)c2ccc(OC(=O)CCNC(=O)C(C)(C)C)cc2)cc1C. The maximum Gasteiger partial charge on any atom is 0.312 e. The first kappa shape index (κ1) is 24.4. The van der Waals surface area contributed by atoms with E-state index in [1.807, 2.05) is 13.8 Å². The summed E-state index contributed by atoms with van der Waals surface area (Å²) < 4.78 is 32.3. The molecule has 0 aliphatic heterocycles. The number of carbonyl (C=O) groups excluding carboxylic acids is 2. The second-order valence-corrected chi connectivity index (χ2v) is 10.4. The Balaban J connectivity index is 2.00. The third-order valence-electron chi connectivity index (χ3n) is 4.86. The highest BCUT2D eigenvalue weighted by molar-refractivity contribution is 7.92. The Morgan fingerprint density at radius 1 is 1.00 bits per heavy atom. The van der Waals surface area contributed by atoms with Gasteiger partial charge < -0.3 is 10.1 Å². The number of aryl methyl sites for hydroxylation is 2.